The zero-order valence-electron chi connectivity index (χ0n) is 18.9. The Morgan fingerprint density at radius 2 is 1.71 bits per heavy atom. The van der Waals surface area contributed by atoms with Gasteiger partial charge in [0.1, 0.15) is 6.61 Å². The number of para-hydroxylation sites is 1. The van der Waals surface area contributed by atoms with Crippen molar-refractivity contribution in [1.82, 2.24) is 4.90 Å². The largest absolute Gasteiger partial charge is 0.490 e. The van der Waals surface area contributed by atoms with Gasteiger partial charge in [-0.05, 0) is 54.1 Å². The summed E-state index contributed by atoms with van der Waals surface area (Å²) in [4.78, 5) is 37.6. The number of benzene rings is 3. The molecule has 1 saturated heterocycles. The fourth-order valence-corrected chi connectivity index (χ4v) is 4.36. The predicted molar refractivity (Wildman–Crippen MR) is 133 cm³/mol. The molecule has 0 radical (unpaired) electrons. The van der Waals surface area contributed by atoms with Crippen molar-refractivity contribution in [1.29, 1.82) is 0 Å². The van der Waals surface area contributed by atoms with E-state index >= 15 is 0 Å². The van der Waals surface area contributed by atoms with Crippen molar-refractivity contribution in [3.63, 3.8) is 0 Å². The Bertz CT molecular complexity index is 1290. The molecular weight excluding hydrogens is 468 g/mol. The van der Waals surface area contributed by atoms with Gasteiger partial charge in [-0.2, -0.15) is 0 Å². The standard InChI is InChI=1S/C26H22N2O6S/c1-2-33-23-14-19(12-13-22(23)34-17-20-10-6-7-11-21(20)28(31)32)15-24-25(29)27(26(30)35-24)16-18-8-4-3-5-9-18/h3-15H,2,16-17H2,1H3/b24-15+. The molecule has 0 aromatic heterocycles. The van der Waals surface area contributed by atoms with E-state index in [4.69, 9.17) is 9.47 Å². The number of hydrogen-bond donors (Lipinski definition) is 0. The van der Waals surface area contributed by atoms with Crippen molar-refractivity contribution >= 4 is 34.7 Å². The highest BCUT2D eigenvalue weighted by Gasteiger charge is 2.35. The molecule has 0 saturated carbocycles. The summed E-state index contributed by atoms with van der Waals surface area (Å²) in [6.07, 6.45) is 1.64. The molecule has 1 fully saturated rings. The van der Waals surface area contributed by atoms with E-state index in [1.807, 2.05) is 37.3 Å². The van der Waals surface area contributed by atoms with Crippen molar-refractivity contribution in [2.24, 2.45) is 0 Å². The lowest BCUT2D eigenvalue weighted by Gasteiger charge is -2.13. The van der Waals surface area contributed by atoms with Crippen LogP contribution in [0.3, 0.4) is 0 Å². The van der Waals surface area contributed by atoms with Crippen molar-refractivity contribution < 1.29 is 24.0 Å². The molecule has 0 unspecified atom stereocenters. The van der Waals surface area contributed by atoms with Crippen molar-refractivity contribution in [2.75, 3.05) is 6.61 Å². The molecule has 0 N–H and O–H groups in total. The van der Waals surface area contributed by atoms with Gasteiger partial charge < -0.3 is 9.47 Å². The summed E-state index contributed by atoms with van der Waals surface area (Å²) in [5, 5.41) is 10.9. The summed E-state index contributed by atoms with van der Waals surface area (Å²) in [7, 11) is 0. The molecule has 3 aromatic rings. The van der Waals surface area contributed by atoms with Gasteiger partial charge in [0.25, 0.3) is 16.8 Å². The molecule has 8 nitrogen and oxygen atoms in total. The molecule has 1 aliphatic rings. The number of thioether (sulfide) groups is 1. The van der Waals surface area contributed by atoms with E-state index in [2.05, 4.69) is 0 Å². The lowest BCUT2D eigenvalue weighted by atomic mass is 10.1. The first kappa shape index (κ1) is 24.0. The van der Waals surface area contributed by atoms with E-state index in [1.165, 1.54) is 11.0 Å². The van der Waals surface area contributed by atoms with Crippen LogP contribution < -0.4 is 9.47 Å². The minimum Gasteiger partial charge on any atom is -0.490 e. The first-order chi connectivity index (χ1) is 17.0. The summed E-state index contributed by atoms with van der Waals surface area (Å²) in [6, 6.07) is 20.8. The lowest BCUT2D eigenvalue weighted by molar-refractivity contribution is -0.385. The summed E-state index contributed by atoms with van der Waals surface area (Å²) >= 11 is 0.894. The van der Waals surface area contributed by atoms with E-state index in [9.17, 15) is 19.7 Å². The highest BCUT2D eigenvalue weighted by molar-refractivity contribution is 8.18. The van der Waals surface area contributed by atoms with Crippen LogP contribution in [0.4, 0.5) is 10.5 Å². The van der Waals surface area contributed by atoms with Crippen LogP contribution in [0.2, 0.25) is 0 Å². The van der Waals surface area contributed by atoms with Crippen LogP contribution in [0.5, 0.6) is 11.5 Å². The maximum atomic E-state index is 12.9. The fourth-order valence-electron chi connectivity index (χ4n) is 3.52. The third kappa shape index (κ3) is 5.70. The number of imide groups is 1. The molecule has 0 aliphatic carbocycles. The summed E-state index contributed by atoms with van der Waals surface area (Å²) in [5.74, 6) is 0.501. The Balaban J connectivity index is 1.52. The molecule has 1 aliphatic heterocycles. The molecule has 2 amide bonds. The molecule has 0 bridgehead atoms. The van der Waals surface area contributed by atoms with Gasteiger partial charge in [-0.1, -0.05) is 48.5 Å². The number of hydrogen-bond acceptors (Lipinski definition) is 7. The van der Waals surface area contributed by atoms with Crippen LogP contribution in [-0.4, -0.2) is 27.6 Å². The van der Waals surface area contributed by atoms with Crippen LogP contribution in [0.25, 0.3) is 6.08 Å². The second-order valence-corrected chi connectivity index (χ2v) is 8.56. The molecule has 1 heterocycles. The number of nitrogens with zero attached hydrogens (tertiary/aromatic N) is 2. The van der Waals surface area contributed by atoms with Crippen molar-refractivity contribution in [2.45, 2.75) is 20.1 Å². The van der Waals surface area contributed by atoms with Crippen LogP contribution in [-0.2, 0) is 17.9 Å². The highest BCUT2D eigenvalue weighted by Crippen LogP contribution is 2.36. The molecule has 3 aromatic carbocycles. The molecular formula is C26H22N2O6S. The van der Waals surface area contributed by atoms with Crippen molar-refractivity contribution in [3.8, 4) is 11.5 Å². The first-order valence-electron chi connectivity index (χ1n) is 10.9. The first-order valence-corrected chi connectivity index (χ1v) is 11.7. The minimum absolute atomic E-state index is 0.00501. The van der Waals surface area contributed by atoms with E-state index in [1.54, 1.807) is 42.5 Å². The zero-order valence-corrected chi connectivity index (χ0v) is 19.7. The Morgan fingerprint density at radius 3 is 2.46 bits per heavy atom. The zero-order chi connectivity index (χ0) is 24.8. The average Bonchev–Trinajstić information content (AvgIpc) is 3.12. The fraction of sp³-hybridized carbons (Fsp3) is 0.154. The van der Waals surface area contributed by atoms with Gasteiger partial charge in [-0.3, -0.25) is 24.6 Å². The van der Waals surface area contributed by atoms with Gasteiger partial charge in [0.05, 0.1) is 28.5 Å². The SMILES string of the molecule is CCOc1cc(/C=C2/SC(=O)N(Cc3ccccc3)C2=O)ccc1OCc1ccccc1[N+](=O)[O-]. The van der Waals surface area contributed by atoms with Gasteiger partial charge in [-0.25, -0.2) is 0 Å². The number of ether oxygens (including phenoxy) is 2. The number of nitro groups is 1. The summed E-state index contributed by atoms with van der Waals surface area (Å²) in [5.41, 5.74) is 1.95. The van der Waals surface area contributed by atoms with E-state index in [-0.39, 0.29) is 30.0 Å². The Morgan fingerprint density at radius 1 is 0.971 bits per heavy atom. The average molecular weight is 491 g/mol. The predicted octanol–water partition coefficient (Wildman–Crippen LogP) is 5.81. The van der Waals surface area contributed by atoms with E-state index in [0.717, 1.165) is 17.3 Å². The third-order valence-corrected chi connectivity index (χ3v) is 6.10. The maximum Gasteiger partial charge on any atom is 0.293 e. The van der Waals surface area contributed by atoms with Crippen molar-refractivity contribution in [3.05, 3.63) is 105 Å². The monoisotopic (exact) mass is 490 g/mol. The second-order valence-electron chi connectivity index (χ2n) is 7.57. The number of nitro benzene ring substituents is 1. The van der Waals surface area contributed by atoms with Gasteiger partial charge in [-0.15, -0.1) is 0 Å². The van der Waals surface area contributed by atoms with Gasteiger partial charge >= 0.3 is 0 Å². The number of carbonyl (C=O) groups is 2. The third-order valence-electron chi connectivity index (χ3n) is 5.19. The molecule has 0 spiro atoms. The molecule has 0 atom stereocenters. The minimum atomic E-state index is -0.448. The smallest absolute Gasteiger partial charge is 0.293 e. The van der Waals surface area contributed by atoms with E-state index < -0.39 is 4.92 Å². The quantitative estimate of drug-likeness (QED) is 0.212. The lowest BCUT2D eigenvalue weighted by Crippen LogP contribution is -2.27. The van der Waals surface area contributed by atoms with E-state index in [0.29, 0.717) is 34.1 Å². The summed E-state index contributed by atoms with van der Waals surface area (Å²) < 4.78 is 11.5. The number of carbonyl (C=O) groups excluding carboxylic acids is 2. The van der Waals surface area contributed by atoms with Crippen LogP contribution in [0.1, 0.15) is 23.6 Å². The number of rotatable bonds is 9. The highest BCUT2D eigenvalue weighted by atomic mass is 32.2. The van der Waals surface area contributed by atoms with Gasteiger partial charge in [0, 0.05) is 6.07 Å². The molecule has 9 heteroatoms. The van der Waals surface area contributed by atoms with Gasteiger partial charge in [0.15, 0.2) is 11.5 Å². The Kier molecular flexibility index (Phi) is 7.47. The molecule has 178 valence electrons. The normalized spacial score (nSPS) is 14.4. The maximum absolute atomic E-state index is 12.9. The topological polar surface area (TPSA) is 99.0 Å². The molecule has 4 rings (SSSR count). The molecule has 35 heavy (non-hydrogen) atoms. The second kappa shape index (κ2) is 10.9. The summed E-state index contributed by atoms with van der Waals surface area (Å²) in [6.45, 7) is 2.41. The van der Waals surface area contributed by atoms with Crippen LogP contribution in [0.15, 0.2) is 77.7 Å². The van der Waals surface area contributed by atoms with Crippen LogP contribution in [0, 0.1) is 10.1 Å². The van der Waals surface area contributed by atoms with Crippen LogP contribution >= 0.6 is 11.8 Å². The Labute approximate surface area is 206 Å². The Hall–Kier alpha value is -4.11. The van der Waals surface area contributed by atoms with Gasteiger partial charge in [0.2, 0.25) is 0 Å². The number of amides is 2.